The van der Waals surface area contributed by atoms with Crippen molar-refractivity contribution < 1.29 is 31.1 Å². The van der Waals surface area contributed by atoms with Gasteiger partial charge in [0.25, 0.3) is 5.91 Å². The fourth-order valence-corrected chi connectivity index (χ4v) is 4.83. The Morgan fingerprint density at radius 2 is 1.74 bits per heavy atom. The van der Waals surface area contributed by atoms with Crippen molar-refractivity contribution in [3.8, 4) is 5.75 Å². The number of piperazine rings is 1. The number of amides is 1. The van der Waals surface area contributed by atoms with Gasteiger partial charge in [0.2, 0.25) is 10.0 Å². The lowest BCUT2D eigenvalue weighted by Gasteiger charge is -2.34. The maximum atomic E-state index is 13.1. The molecule has 0 saturated carbocycles. The van der Waals surface area contributed by atoms with Gasteiger partial charge in [0.1, 0.15) is 5.75 Å². The number of para-hydroxylation sites is 1. The van der Waals surface area contributed by atoms with Crippen molar-refractivity contribution in [1.82, 2.24) is 9.21 Å². The van der Waals surface area contributed by atoms with Crippen LogP contribution in [0.1, 0.15) is 11.1 Å². The average Bonchev–Trinajstić information content (AvgIpc) is 2.72. The Morgan fingerprint density at radius 1 is 1.10 bits per heavy atom. The lowest BCUT2D eigenvalue weighted by molar-refractivity contribution is -0.137. The van der Waals surface area contributed by atoms with Crippen molar-refractivity contribution in [2.75, 3.05) is 32.8 Å². The van der Waals surface area contributed by atoms with Crippen LogP contribution < -0.4 is 4.74 Å². The Kier molecular flexibility index (Phi) is 6.82. The molecule has 31 heavy (non-hydrogen) atoms. The third-order valence-electron chi connectivity index (χ3n) is 4.92. The van der Waals surface area contributed by atoms with Gasteiger partial charge < -0.3 is 9.64 Å². The molecule has 0 aromatic heterocycles. The maximum absolute atomic E-state index is 13.1. The van der Waals surface area contributed by atoms with Gasteiger partial charge in [-0.25, -0.2) is 8.42 Å². The number of hydrogen-bond donors (Lipinski definition) is 0. The van der Waals surface area contributed by atoms with Gasteiger partial charge in [-0.1, -0.05) is 29.8 Å². The largest absolute Gasteiger partial charge is 0.484 e. The van der Waals surface area contributed by atoms with Crippen LogP contribution in [0.3, 0.4) is 0 Å². The third-order valence-corrected chi connectivity index (χ3v) is 7.14. The van der Waals surface area contributed by atoms with Gasteiger partial charge in [0.05, 0.1) is 15.5 Å². The highest BCUT2D eigenvalue weighted by molar-refractivity contribution is 7.89. The number of carbonyl (C=O) groups is 1. The van der Waals surface area contributed by atoms with Crippen molar-refractivity contribution in [2.45, 2.75) is 18.0 Å². The lowest BCUT2D eigenvalue weighted by atomic mass is 10.2. The number of carbonyl (C=O) groups excluding carboxylic acids is 1. The van der Waals surface area contributed by atoms with Gasteiger partial charge >= 0.3 is 6.18 Å². The number of benzene rings is 2. The molecule has 0 radical (unpaired) electrons. The molecule has 0 N–H and O–H groups in total. The van der Waals surface area contributed by atoms with E-state index >= 15 is 0 Å². The van der Waals surface area contributed by atoms with Gasteiger partial charge in [0, 0.05) is 26.2 Å². The highest BCUT2D eigenvalue weighted by Gasteiger charge is 2.36. The van der Waals surface area contributed by atoms with E-state index in [9.17, 15) is 26.4 Å². The molecular formula is C20H20ClF3N2O4S. The number of hydrogen-bond acceptors (Lipinski definition) is 4. The number of ether oxygens (including phenoxy) is 1. The predicted octanol–water partition coefficient (Wildman–Crippen LogP) is 3.58. The highest BCUT2D eigenvalue weighted by Crippen LogP contribution is 2.36. The van der Waals surface area contributed by atoms with Crippen LogP contribution in [0.2, 0.25) is 5.02 Å². The van der Waals surface area contributed by atoms with Crippen molar-refractivity contribution in [3.05, 3.63) is 58.6 Å². The summed E-state index contributed by atoms with van der Waals surface area (Å²) in [4.78, 5) is 13.4. The number of rotatable bonds is 5. The quantitative estimate of drug-likeness (QED) is 0.661. The van der Waals surface area contributed by atoms with Crippen LogP contribution in [0.15, 0.2) is 47.4 Å². The van der Waals surface area contributed by atoms with Crippen LogP contribution >= 0.6 is 11.6 Å². The summed E-state index contributed by atoms with van der Waals surface area (Å²) in [6, 6.07) is 9.73. The molecule has 3 rings (SSSR count). The summed E-state index contributed by atoms with van der Waals surface area (Å²) in [6.45, 7) is 1.79. The topological polar surface area (TPSA) is 66.9 Å². The van der Waals surface area contributed by atoms with Gasteiger partial charge in [0.15, 0.2) is 6.61 Å². The molecule has 1 saturated heterocycles. The molecule has 6 nitrogen and oxygen atoms in total. The zero-order chi connectivity index (χ0) is 22.8. The Morgan fingerprint density at radius 3 is 2.35 bits per heavy atom. The molecule has 1 fully saturated rings. The number of halogens is 4. The number of nitrogens with zero attached hydrogens (tertiary/aromatic N) is 2. The Bertz CT molecular complexity index is 1070. The normalized spacial score (nSPS) is 15.7. The first-order valence-electron chi connectivity index (χ1n) is 9.33. The van der Waals surface area contributed by atoms with Crippen LogP contribution in [0, 0.1) is 6.92 Å². The summed E-state index contributed by atoms with van der Waals surface area (Å²) in [5.74, 6) is 0.284. The Labute approximate surface area is 183 Å². The summed E-state index contributed by atoms with van der Waals surface area (Å²) >= 11 is 5.57. The molecule has 0 unspecified atom stereocenters. The molecule has 11 heteroatoms. The summed E-state index contributed by atoms with van der Waals surface area (Å²) in [7, 11) is -4.17. The van der Waals surface area contributed by atoms with Gasteiger partial charge in [-0.2, -0.15) is 17.5 Å². The van der Waals surface area contributed by atoms with Crippen LogP contribution in [0.25, 0.3) is 0 Å². The van der Waals surface area contributed by atoms with Crippen LogP contribution in [-0.4, -0.2) is 56.3 Å². The zero-order valence-electron chi connectivity index (χ0n) is 16.5. The molecule has 168 valence electrons. The summed E-state index contributed by atoms with van der Waals surface area (Å²) < 4.78 is 71.4. The second kappa shape index (κ2) is 9.05. The van der Waals surface area contributed by atoms with Gasteiger partial charge in [-0.15, -0.1) is 0 Å². The van der Waals surface area contributed by atoms with Crippen molar-refractivity contribution in [1.29, 1.82) is 0 Å². The third kappa shape index (κ3) is 5.31. The number of alkyl halides is 3. The molecule has 0 bridgehead atoms. The van der Waals surface area contributed by atoms with E-state index in [2.05, 4.69) is 0 Å². The summed E-state index contributed by atoms with van der Waals surface area (Å²) in [5, 5.41) is -0.574. The molecule has 1 aliphatic rings. The first-order valence-corrected chi connectivity index (χ1v) is 11.1. The fraction of sp³-hybridized carbons (Fsp3) is 0.350. The zero-order valence-corrected chi connectivity index (χ0v) is 18.1. The SMILES string of the molecule is Cc1ccccc1OCC(=O)N1CCN(S(=O)(=O)c2ccc(Cl)c(C(F)(F)F)c2)CC1. The molecular weight excluding hydrogens is 457 g/mol. The van der Waals surface area contributed by atoms with Crippen LogP contribution in [-0.2, 0) is 21.0 Å². The molecule has 0 atom stereocenters. The minimum atomic E-state index is -4.77. The number of aryl methyl sites for hydroxylation is 1. The highest BCUT2D eigenvalue weighted by atomic mass is 35.5. The predicted molar refractivity (Wildman–Crippen MR) is 108 cm³/mol. The standard InChI is InChI=1S/C20H20ClF3N2O4S/c1-14-4-2-3-5-18(14)30-13-19(27)25-8-10-26(11-9-25)31(28,29)15-6-7-17(21)16(12-15)20(22,23)24/h2-7,12H,8-11,13H2,1H3. The van der Waals surface area contributed by atoms with E-state index in [1.165, 1.54) is 4.90 Å². The van der Waals surface area contributed by atoms with E-state index in [4.69, 9.17) is 16.3 Å². The molecule has 0 spiro atoms. The smallest absolute Gasteiger partial charge is 0.417 e. The van der Waals surface area contributed by atoms with Crippen molar-refractivity contribution in [3.63, 3.8) is 0 Å². The van der Waals surface area contributed by atoms with E-state index in [-0.39, 0.29) is 38.7 Å². The minimum Gasteiger partial charge on any atom is -0.484 e. The first-order chi connectivity index (χ1) is 14.5. The van der Waals surface area contributed by atoms with E-state index in [1.807, 2.05) is 19.1 Å². The minimum absolute atomic E-state index is 0.0393. The monoisotopic (exact) mass is 476 g/mol. The molecule has 1 heterocycles. The average molecular weight is 477 g/mol. The number of sulfonamides is 1. The second-order valence-electron chi connectivity index (χ2n) is 6.98. The molecule has 2 aromatic carbocycles. The molecule has 2 aromatic rings. The van der Waals surface area contributed by atoms with E-state index < -0.39 is 31.7 Å². The lowest BCUT2D eigenvalue weighted by Crippen LogP contribution is -2.51. The molecule has 1 aliphatic heterocycles. The second-order valence-corrected chi connectivity index (χ2v) is 9.32. The molecule has 1 amide bonds. The Hall–Kier alpha value is -2.30. The van der Waals surface area contributed by atoms with Crippen molar-refractivity contribution in [2.24, 2.45) is 0 Å². The van der Waals surface area contributed by atoms with E-state index in [0.29, 0.717) is 11.8 Å². The van der Waals surface area contributed by atoms with Crippen LogP contribution in [0.4, 0.5) is 13.2 Å². The van der Waals surface area contributed by atoms with Gasteiger partial charge in [-0.05, 0) is 36.8 Å². The molecule has 0 aliphatic carbocycles. The van der Waals surface area contributed by atoms with E-state index in [0.717, 1.165) is 22.0 Å². The Balaban J connectivity index is 1.63. The van der Waals surface area contributed by atoms with E-state index in [1.54, 1.807) is 12.1 Å². The van der Waals surface area contributed by atoms with Gasteiger partial charge in [-0.3, -0.25) is 4.79 Å². The first kappa shape index (κ1) is 23.4. The summed E-state index contributed by atoms with van der Waals surface area (Å²) in [5.41, 5.74) is -0.329. The summed E-state index contributed by atoms with van der Waals surface area (Å²) in [6.07, 6.45) is -4.77. The van der Waals surface area contributed by atoms with Crippen molar-refractivity contribution >= 4 is 27.5 Å². The fourth-order valence-electron chi connectivity index (χ4n) is 3.16. The van der Waals surface area contributed by atoms with Crippen LogP contribution in [0.5, 0.6) is 5.75 Å². The maximum Gasteiger partial charge on any atom is 0.417 e.